The van der Waals surface area contributed by atoms with Gasteiger partial charge in [-0.2, -0.15) is 0 Å². The molecule has 1 aliphatic rings. The van der Waals surface area contributed by atoms with Gasteiger partial charge in [0.1, 0.15) is 0 Å². The van der Waals surface area contributed by atoms with Crippen LogP contribution < -0.4 is 0 Å². The predicted molar refractivity (Wildman–Crippen MR) is 105 cm³/mol. The monoisotopic (exact) mass is 330 g/mol. The van der Waals surface area contributed by atoms with Crippen LogP contribution in [0.15, 0.2) is 58.5 Å². The summed E-state index contributed by atoms with van der Waals surface area (Å²) in [5.41, 5.74) is 7.38. The van der Waals surface area contributed by atoms with Crippen LogP contribution in [-0.2, 0) is 6.42 Å². The number of aliphatic imine (C=N–C) groups is 2. The molecule has 4 rings (SSSR count). The van der Waals surface area contributed by atoms with E-state index < -0.39 is 0 Å². The van der Waals surface area contributed by atoms with E-state index in [-0.39, 0.29) is 0 Å². The molecule has 3 heteroatoms. The minimum atomic E-state index is 0.958. The van der Waals surface area contributed by atoms with Crippen LogP contribution in [0.25, 0.3) is 11.1 Å². The van der Waals surface area contributed by atoms with Gasteiger partial charge in [0, 0.05) is 22.2 Å². The van der Waals surface area contributed by atoms with Crippen LogP contribution in [0, 0.1) is 6.92 Å². The zero-order valence-electron chi connectivity index (χ0n) is 13.8. The minimum Gasteiger partial charge on any atom is -0.262 e. The molecule has 0 unspecified atom stereocenters. The molecule has 0 amide bonds. The zero-order valence-corrected chi connectivity index (χ0v) is 14.6. The summed E-state index contributed by atoms with van der Waals surface area (Å²) in [7, 11) is 0. The van der Waals surface area contributed by atoms with Crippen LogP contribution in [0.2, 0.25) is 0 Å². The SMILES string of the molecule is CC=Nc1ccc2c(c1)Cc1cc(N=Cc3ccc(C)s3)ccc1-2. The van der Waals surface area contributed by atoms with Gasteiger partial charge < -0.3 is 0 Å². The van der Waals surface area contributed by atoms with Crippen molar-refractivity contribution in [1.82, 2.24) is 0 Å². The summed E-state index contributed by atoms with van der Waals surface area (Å²) in [5.74, 6) is 0. The van der Waals surface area contributed by atoms with E-state index in [0.717, 1.165) is 17.8 Å². The van der Waals surface area contributed by atoms with Crippen LogP contribution in [0.1, 0.15) is 27.8 Å². The van der Waals surface area contributed by atoms with Gasteiger partial charge in [-0.15, -0.1) is 11.3 Å². The molecule has 0 atom stereocenters. The molecule has 0 N–H and O–H groups in total. The first-order chi connectivity index (χ1) is 11.7. The van der Waals surface area contributed by atoms with Gasteiger partial charge in [-0.05, 0) is 78.9 Å². The number of hydrogen-bond acceptors (Lipinski definition) is 3. The number of thiophene rings is 1. The van der Waals surface area contributed by atoms with Crippen LogP contribution in [0.5, 0.6) is 0 Å². The van der Waals surface area contributed by atoms with E-state index in [1.807, 2.05) is 19.4 Å². The Kier molecular flexibility index (Phi) is 3.87. The number of benzene rings is 2. The Bertz CT molecular complexity index is 964. The summed E-state index contributed by atoms with van der Waals surface area (Å²) in [6, 6.07) is 17.2. The summed E-state index contributed by atoms with van der Waals surface area (Å²) >= 11 is 1.77. The fourth-order valence-electron chi connectivity index (χ4n) is 3.15. The molecule has 1 aromatic heterocycles. The van der Waals surface area contributed by atoms with Crippen molar-refractivity contribution in [2.45, 2.75) is 20.3 Å². The van der Waals surface area contributed by atoms with E-state index >= 15 is 0 Å². The van der Waals surface area contributed by atoms with Gasteiger partial charge in [-0.25, -0.2) is 0 Å². The van der Waals surface area contributed by atoms with Gasteiger partial charge in [0.25, 0.3) is 0 Å². The molecule has 0 aliphatic heterocycles. The highest BCUT2D eigenvalue weighted by Crippen LogP contribution is 2.39. The molecular formula is C21H18N2S. The van der Waals surface area contributed by atoms with Crippen molar-refractivity contribution in [3.8, 4) is 11.1 Å². The molecule has 0 spiro atoms. The fourth-order valence-corrected chi connectivity index (χ4v) is 3.90. The number of fused-ring (bicyclic) bond motifs is 3. The number of nitrogens with zero attached hydrogens (tertiary/aromatic N) is 2. The Labute approximate surface area is 146 Å². The average Bonchev–Trinajstić information content (AvgIpc) is 3.15. The van der Waals surface area contributed by atoms with E-state index in [9.17, 15) is 0 Å². The first kappa shape index (κ1) is 15.0. The quantitative estimate of drug-likeness (QED) is 0.405. The normalized spacial score (nSPS) is 12.9. The molecule has 0 fully saturated rings. The lowest BCUT2D eigenvalue weighted by atomic mass is 10.1. The molecular weight excluding hydrogens is 312 g/mol. The number of hydrogen-bond donors (Lipinski definition) is 0. The molecule has 0 bridgehead atoms. The van der Waals surface area contributed by atoms with E-state index in [2.05, 4.69) is 65.4 Å². The topological polar surface area (TPSA) is 24.7 Å². The first-order valence-electron chi connectivity index (χ1n) is 8.08. The zero-order chi connectivity index (χ0) is 16.5. The van der Waals surface area contributed by atoms with Gasteiger partial charge in [-0.1, -0.05) is 12.1 Å². The van der Waals surface area contributed by atoms with Crippen molar-refractivity contribution in [2.24, 2.45) is 9.98 Å². The summed E-state index contributed by atoms with van der Waals surface area (Å²) in [5, 5.41) is 0. The Balaban J connectivity index is 1.63. The van der Waals surface area contributed by atoms with Gasteiger partial charge >= 0.3 is 0 Å². The van der Waals surface area contributed by atoms with Crippen LogP contribution in [0.4, 0.5) is 11.4 Å². The van der Waals surface area contributed by atoms with Crippen molar-refractivity contribution in [3.63, 3.8) is 0 Å². The van der Waals surface area contributed by atoms with E-state index in [4.69, 9.17) is 0 Å². The summed E-state index contributed by atoms with van der Waals surface area (Å²) < 4.78 is 0. The third-order valence-corrected chi connectivity index (χ3v) is 5.16. The summed E-state index contributed by atoms with van der Waals surface area (Å²) in [4.78, 5) is 11.5. The summed E-state index contributed by atoms with van der Waals surface area (Å²) in [6.45, 7) is 4.06. The molecule has 2 aromatic carbocycles. The van der Waals surface area contributed by atoms with E-state index in [1.54, 1.807) is 11.3 Å². The maximum atomic E-state index is 4.64. The number of rotatable bonds is 3. The van der Waals surface area contributed by atoms with Crippen LogP contribution >= 0.6 is 11.3 Å². The third kappa shape index (κ3) is 2.83. The molecule has 1 heterocycles. The van der Waals surface area contributed by atoms with Crippen molar-refractivity contribution in [1.29, 1.82) is 0 Å². The highest BCUT2D eigenvalue weighted by Gasteiger charge is 2.18. The van der Waals surface area contributed by atoms with Crippen molar-refractivity contribution < 1.29 is 0 Å². The lowest BCUT2D eigenvalue weighted by Gasteiger charge is -2.02. The Morgan fingerprint density at radius 2 is 1.54 bits per heavy atom. The van der Waals surface area contributed by atoms with Gasteiger partial charge in [0.15, 0.2) is 0 Å². The van der Waals surface area contributed by atoms with Crippen LogP contribution in [0.3, 0.4) is 0 Å². The molecule has 2 nitrogen and oxygen atoms in total. The Hall–Kier alpha value is -2.52. The second-order valence-electron chi connectivity index (χ2n) is 5.95. The molecule has 118 valence electrons. The van der Waals surface area contributed by atoms with Crippen molar-refractivity contribution in [3.05, 3.63) is 69.4 Å². The molecule has 0 radical (unpaired) electrons. The van der Waals surface area contributed by atoms with Gasteiger partial charge in [-0.3, -0.25) is 9.98 Å². The molecule has 0 saturated carbocycles. The van der Waals surface area contributed by atoms with E-state index in [1.165, 1.54) is 32.0 Å². The highest BCUT2D eigenvalue weighted by molar-refractivity contribution is 7.13. The second-order valence-corrected chi connectivity index (χ2v) is 7.27. The molecule has 0 saturated heterocycles. The smallest absolute Gasteiger partial charge is 0.0633 e. The first-order valence-corrected chi connectivity index (χ1v) is 8.90. The Morgan fingerprint density at radius 1 is 0.875 bits per heavy atom. The largest absolute Gasteiger partial charge is 0.262 e. The molecule has 1 aliphatic carbocycles. The third-order valence-electron chi connectivity index (χ3n) is 4.23. The molecule has 3 aromatic rings. The van der Waals surface area contributed by atoms with Crippen molar-refractivity contribution >= 4 is 35.1 Å². The summed E-state index contributed by atoms with van der Waals surface area (Å²) in [6.07, 6.45) is 4.75. The van der Waals surface area contributed by atoms with E-state index in [0.29, 0.717) is 0 Å². The maximum absolute atomic E-state index is 4.64. The predicted octanol–water partition coefficient (Wildman–Crippen LogP) is 6.10. The second kappa shape index (κ2) is 6.17. The lowest BCUT2D eigenvalue weighted by Crippen LogP contribution is -1.80. The minimum absolute atomic E-state index is 0.958. The lowest BCUT2D eigenvalue weighted by molar-refractivity contribution is 1.26. The van der Waals surface area contributed by atoms with Crippen molar-refractivity contribution in [2.75, 3.05) is 0 Å². The average molecular weight is 330 g/mol. The van der Waals surface area contributed by atoms with Gasteiger partial charge in [0.05, 0.1) is 11.4 Å². The Morgan fingerprint density at radius 3 is 2.12 bits per heavy atom. The van der Waals surface area contributed by atoms with Crippen LogP contribution in [-0.4, -0.2) is 12.4 Å². The standard InChI is InChI=1S/C21H18N2S/c1-3-22-17-5-8-20-15(11-17)10-16-12-18(6-9-21(16)20)23-13-19-7-4-14(2)24-19/h3-9,11-13H,10H2,1-2H3. The fraction of sp³-hybridized carbons (Fsp3) is 0.143. The maximum Gasteiger partial charge on any atom is 0.0633 e. The number of aryl methyl sites for hydroxylation is 1. The highest BCUT2D eigenvalue weighted by atomic mass is 32.1. The van der Waals surface area contributed by atoms with Gasteiger partial charge in [0.2, 0.25) is 0 Å². The molecule has 24 heavy (non-hydrogen) atoms.